The Bertz CT molecular complexity index is 1070. The molecule has 0 saturated carbocycles. The van der Waals surface area contributed by atoms with Gasteiger partial charge in [0.1, 0.15) is 5.00 Å². The molecule has 0 bridgehead atoms. The third-order valence-corrected chi connectivity index (χ3v) is 6.55. The van der Waals surface area contributed by atoms with Crippen molar-refractivity contribution < 1.29 is 9.53 Å². The molecular formula is C22H24N4O2S2. The lowest BCUT2D eigenvalue weighted by Gasteiger charge is -2.12. The number of anilines is 2. The van der Waals surface area contributed by atoms with E-state index in [1.807, 2.05) is 16.9 Å². The Balaban J connectivity index is 1.44. The molecule has 1 aliphatic rings. The van der Waals surface area contributed by atoms with E-state index in [0.29, 0.717) is 23.0 Å². The van der Waals surface area contributed by atoms with Crippen LogP contribution in [0.4, 0.5) is 10.8 Å². The fourth-order valence-electron chi connectivity index (χ4n) is 3.62. The molecule has 2 aromatic heterocycles. The molecule has 6 nitrogen and oxygen atoms in total. The van der Waals surface area contributed by atoms with Crippen LogP contribution >= 0.6 is 23.6 Å². The number of methoxy groups -OCH3 is 1. The summed E-state index contributed by atoms with van der Waals surface area (Å²) in [5.74, 6) is 0.336. The molecule has 2 heterocycles. The van der Waals surface area contributed by atoms with Crippen LogP contribution in [0, 0.1) is 6.92 Å². The van der Waals surface area contributed by atoms with Gasteiger partial charge in [-0.15, -0.1) is 11.3 Å². The van der Waals surface area contributed by atoms with E-state index in [-0.39, 0.29) is 5.97 Å². The van der Waals surface area contributed by atoms with Crippen LogP contribution in [-0.2, 0) is 24.1 Å². The van der Waals surface area contributed by atoms with Gasteiger partial charge in [0.15, 0.2) is 10.9 Å². The first-order valence-corrected chi connectivity index (χ1v) is 11.2. The minimum absolute atomic E-state index is 0.318. The lowest BCUT2D eigenvalue weighted by atomic mass is 9.95. The Morgan fingerprint density at radius 1 is 1.20 bits per heavy atom. The van der Waals surface area contributed by atoms with Gasteiger partial charge in [0, 0.05) is 17.1 Å². The summed E-state index contributed by atoms with van der Waals surface area (Å²) < 4.78 is 6.88. The number of nitrogens with one attached hydrogen (secondary N) is 2. The second kappa shape index (κ2) is 8.97. The number of aromatic nitrogens is 2. The number of nitrogens with zero attached hydrogens (tertiary/aromatic N) is 2. The van der Waals surface area contributed by atoms with Gasteiger partial charge in [-0.05, 0) is 56.0 Å². The number of esters is 1. The minimum atomic E-state index is -0.318. The summed E-state index contributed by atoms with van der Waals surface area (Å²) in [5.41, 5.74) is 4.14. The van der Waals surface area contributed by atoms with Gasteiger partial charge in [-0.3, -0.25) is 4.68 Å². The standard InChI is InChI=1S/C22H24N4O2S2/c1-14-7-9-15(10-8-14)13-26-12-11-18(25-26)23-22(29)24-20-19(21(27)28-2)16-5-3-4-6-17(16)30-20/h7-12H,3-6,13H2,1-2H3,(H2,23,24,25,29). The van der Waals surface area contributed by atoms with Crippen LogP contribution in [-0.4, -0.2) is 28.0 Å². The van der Waals surface area contributed by atoms with Gasteiger partial charge in [-0.25, -0.2) is 4.79 Å². The molecule has 4 rings (SSSR count). The fraction of sp³-hybridized carbons (Fsp3) is 0.318. The molecule has 156 valence electrons. The van der Waals surface area contributed by atoms with E-state index in [9.17, 15) is 4.79 Å². The topological polar surface area (TPSA) is 68.2 Å². The van der Waals surface area contributed by atoms with Crippen molar-refractivity contribution in [3.8, 4) is 0 Å². The van der Waals surface area contributed by atoms with E-state index in [4.69, 9.17) is 17.0 Å². The van der Waals surface area contributed by atoms with Crippen molar-refractivity contribution in [2.24, 2.45) is 0 Å². The van der Waals surface area contributed by atoms with E-state index in [1.54, 1.807) is 11.3 Å². The Morgan fingerprint density at radius 3 is 2.73 bits per heavy atom. The number of fused-ring (bicyclic) bond motifs is 1. The molecule has 1 aliphatic carbocycles. The summed E-state index contributed by atoms with van der Waals surface area (Å²) in [7, 11) is 1.41. The van der Waals surface area contributed by atoms with Crippen molar-refractivity contribution in [2.45, 2.75) is 39.2 Å². The Labute approximate surface area is 185 Å². The molecule has 0 saturated heterocycles. The zero-order valence-electron chi connectivity index (χ0n) is 17.0. The number of thiophene rings is 1. The first-order valence-electron chi connectivity index (χ1n) is 9.93. The molecule has 0 spiro atoms. The Hall–Kier alpha value is -2.71. The molecule has 30 heavy (non-hydrogen) atoms. The highest BCUT2D eigenvalue weighted by atomic mass is 32.1. The average Bonchev–Trinajstić information content (AvgIpc) is 3.32. The first-order chi connectivity index (χ1) is 14.5. The number of hydrogen-bond acceptors (Lipinski definition) is 5. The van der Waals surface area contributed by atoms with Gasteiger partial charge >= 0.3 is 5.97 Å². The van der Waals surface area contributed by atoms with Crippen LogP contribution < -0.4 is 10.6 Å². The third kappa shape index (κ3) is 4.55. The molecule has 0 aliphatic heterocycles. The maximum atomic E-state index is 12.4. The van der Waals surface area contributed by atoms with Gasteiger partial charge in [0.2, 0.25) is 0 Å². The van der Waals surface area contributed by atoms with E-state index < -0.39 is 0 Å². The monoisotopic (exact) mass is 440 g/mol. The number of carbonyl (C=O) groups is 1. The maximum Gasteiger partial charge on any atom is 0.341 e. The number of hydrogen-bond donors (Lipinski definition) is 2. The number of thiocarbonyl (C=S) groups is 1. The summed E-state index contributed by atoms with van der Waals surface area (Å²) in [5, 5.41) is 12.0. The quantitative estimate of drug-likeness (QED) is 0.440. The summed E-state index contributed by atoms with van der Waals surface area (Å²) in [6, 6.07) is 10.3. The summed E-state index contributed by atoms with van der Waals surface area (Å²) in [4.78, 5) is 13.6. The molecule has 0 radical (unpaired) electrons. The van der Waals surface area contributed by atoms with Crippen LogP contribution in [0.15, 0.2) is 36.5 Å². The second-order valence-electron chi connectivity index (χ2n) is 7.37. The minimum Gasteiger partial charge on any atom is -0.465 e. The van der Waals surface area contributed by atoms with Crippen LogP contribution in [0.5, 0.6) is 0 Å². The first kappa shape index (κ1) is 20.6. The largest absolute Gasteiger partial charge is 0.465 e. The summed E-state index contributed by atoms with van der Waals surface area (Å²) in [6.45, 7) is 2.76. The molecule has 3 aromatic rings. The molecular weight excluding hydrogens is 416 g/mol. The van der Waals surface area contributed by atoms with Gasteiger partial charge in [-0.1, -0.05) is 29.8 Å². The van der Waals surface area contributed by atoms with Gasteiger partial charge in [0.05, 0.1) is 19.2 Å². The number of rotatable bonds is 5. The Kier molecular flexibility index (Phi) is 6.15. The normalized spacial score (nSPS) is 12.9. The predicted molar refractivity (Wildman–Crippen MR) is 125 cm³/mol. The Morgan fingerprint density at radius 2 is 1.97 bits per heavy atom. The number of ether oxygens (including phenoxy) is 1. The molecule has 0 unspecified atom stereocenters. The lowest BCUT2D eigenvalue weighted by Crippen LogP contribution is -2.20. The van der Waals surface area contributed by atoms with E-state index in [0.717, 1.165) is 36.2 Å². The molecule has 8 heteroatoms. The second-order valence-corrected chi connectivity index (χ2v) is 8.88. The van der Waals surface area contributed by atoms with Crippen molar-refractivity contribution in [1.29, 1.82) is 0 Å². The molecule has 0 fully saturated rings. The smallest absolute Gasteiger partial charge is 0.341 e. The number of carbonyl (C=O) groups excluding carboxylic acids is 1. The zero-order valence-corrected chi connectivity index (χ0v) is 18.7. The van der Waals surface area contributed by atoms with Crippen molar-refractivity contribution >= 4 is 45.5 Å². The highest BCUT2D eigenvalue weighted by Crippen LogP contribution is 2.38. The van der Waals surface area contributed by atoms with E-state index in [2.05, 4.69) is 46.9 Å². The molecule has 0 atom stereocenters. The maximum absolute atomic E-state index is 12.4. The predicted octanol–water partition coefficient (Wildman–Crippen LogP) is 4.78. The fourth-order valence-corrected chi connectivity index (χ4v) is 5.17. The van der Waals surface area contributed by atoms with Crippen molar-refractivity contribution in [3.63, 3.8) is 0 Å². The molecule has 2 N–H and O–H groups in total. The van der Waals surface area contributed by atoms with Crippen LogP contribution in [0.2, 0.25) is 0 Å². The highest BCUT2D eigenvalue weighted by Gasteiger charge is 2.26. The lowest BCUT2D eigenvalue weighted by molar-refractivity contribution is 0.0601. The van der Waals surface area contributed by atoms with Crippen molar-refractivity contribution in [2.75, 3.05) is 17.7 Å². The van der Waals surface area contributed by atoms with Gasteiger partial charge in [0.25, 0.3) is 0 Å². The van der Waals surface area contributed by atoms with Crippen LogP contribution in [0.1, 0.15) is 44.8 Å². The SMILES string of the molecule is COC(=O)c1c(NC(=S)Nc2ccn(Cc3ccc(C)cc3)n2)sc2c1CCCC2. The summed E-state index contributed by atoms with van der Waals surface area (Å²) >= 11 is 7.07. The zero-order chi connectivity index (χ0) is 21.1. The average molecular weight is 441 g/mol. The van der Waals surface area contributed by atoms with Gasteiger partial charge in [-0.2, -0.15) is 5.10 Å². The highest BCUT2D eigenvalue weighted by molar-refractivity contribution is 7.80. The number of aryl methyl sites for hydroxylation is 2. The van der Waals surface area contributed by atoms with Crippen LogP contribution in [0.25, 0.3) is 0 Å². The number of benzene rings is 1. The van der Waals surface area contributed by atoms with Crippen LogP contribution in [0.3, 0.4) is 0 Å². The van der Waals surface area contributed by atoms with E-state index in [1.165, 1.54) is 23.1 Å². The van der Waals surface area contributed by atoms with E-state index >= 15 is 0 Å². The summed E-state index contributed by atoms with van der Waals surface area (Å²) in [6.07, 6.45) is 6.05. The molecule has 0 amide bonds. The van der Waals surface area contributed by atoms with Gasteiger partial charge < -0.3 is 15.4 Å². The van der Waals surface area contributed by atoms with Crippen molar-refractivity contribution in [3.05, 3.63) is 63.7 Å². The molecule has 1 aromatic carbocycles. The third-order valence-electron chi connectivity index (χ3n) is 5.14. The van der Waals surface area contributed by atoms with Crippen molar-refractivity contribution in [1.82, 2.24) is 9.78 Å².